The van der Waals surface area contributed by atoms with E-state index >= 15 is 0 Å². The van der Waals surface area contributed by atoms with Gasteiger partial charge in [-0.15, -0.1) is 5.10 Å². The maximum Gasteiger partial charge on any atom is 0.294 e. The SMILES string of the molecule is Cc1ccc(S(=O)(=O)O)cc1.NC(N)=NN=Cc1cc2c(cc1[N+](=O)[O-])OCO2. The molecule has 0 spiro atoms. The molecule has 0 aromatic heterocycles. The lowest BCUT2D eigenvalue weighted by Crippen LogP contribution is -2.21. The molecule has 13 heteroatoms. The lowest BCUT2D eigenvalue weighted by Gasteiger charge is -1.99. The van der Waals surface area contributed by atoms with Crippen LogP contribution in [0.1, 0.15) is 11.1 Å². The van der Waals surface area contributed by atoms with Crippen molar-refractivity contribution in [3.05, 3.63) is 57.6 Å². The normalized spacial score (nSPS) is 12.2. The number of hydrogen-bond donors (Lipinski definition) is 3. The molecule has 0 fully saturated rings. The Morgan fingerprint density at radius 3 is 2.31 bits per heavy atom. The predicted molar refractivity (Wildman–Crippen MR) is 104 cm³/mol. The summed E-state index contributed by atoms with van der Waals surface area (Å²) in [4.78, 5) is 10.3. The Balaban J connectivity index is 0.000000234. The molecule has 0 saturated carbocycles. The minimum absolute atomic E-state index is 0.0288. The van der Waals surface area contributed by atoms with Gasteiger partial charge in [-0.2, -0.15) is 13.5 Å². The van der Waals surface area contributed by atoms with Crippen LogP contribution in [0.25, 0.3) is 0 Å². The van der Waals surface area contributed by atoms with Gasteiger partial charge in [-0.1, -0.05) is 17.7 Å². The average Bonchev–Trinajstić information content (AvgIpc) is 3.08. The van der Waals surface area contributed by atoms with Gasteiger partial charge in [0.05, 0.1) is 27.7 Å². The third kappa shape index (κ3) is 6.15. The first kappa shape index (κ1) is 21.6. The van der Waals surface area contributed by atoms with Crippen molar-refractivity contribution in [1.82, 2.24) is 0 Å². The van der Waals surface area contributed by atoms with E-state index in [1.807, 2.05) is 6.92 Å². The molecule has 1 heterocycles. The van der Waals surface area contributed by atoms with Gasteiger partial charge in [0, 0.05) is 0 Å². The number of fused-ring (bicyclic) bond motifs is 1. The van der Waals surface area contributed by atoms with Gasteiger partial charge >= 0.3 is 0 Å². The van der Waals surface area contributed by atoms with Crippen molar-refractivity contribution in [3.63, 3.8) is 0 Å². The topological polar surface area (TPSA) is 193 Å². The first-order valence-electron chi connectivity index (χ1n) is 7.82. The number of nitro groups is 1. The van der Waals surface area contributed by atoms with Crippen LogP contribution < -0.4 is 20.9 Å². The fourth-order valence-corrected chi connectivity index (χ4v) is 2.56. The van der Waals surface area contributed by atoms with Crippen LogP contribution in [-0.4, -0.2) is 36.9 Å². The van der Waals surface area contributed by atoms with Crippen LogP contribution >= 0.6 is 0 Å². The van der Waals surface area contributed by atoms with Crippen LogP contribution in [0.5, 0.6) is 11.5 Å². The number of aryl methyl sites for hydroxylation is 1. The molecule has 29 heavy (non-hydrogen) atoms. The van der Waals surface area contributed by atoms with E-state index in [-0.39, 0.29) is 28.9 Å². The zero-order valence-electron chi connectivity index (χ0n) is 15.0. The lowest BCUT2D eigenvalue weighted by atomic mass is 10.1. The summed E-state index contributed by atoms with van der Waals surface area (Å²) in [6.45, 7) is 1.87. The summed E-state index contributed by atoms with van der Waals surface area (Å²) in [7, 11) is -4.02. The molecule has 0 saturated heterocycles. The maximum atomic E-state index is 10.9. The third-order valence-corrected chi connectivity index (χ3v) is 4.28. The smallest absolute Gasteiger partial charge is 0.294 e. The number of rotatable bonds is 4. The second-order valence-electron chi connectivity index (χ2n) is 5.58. The summed E-state index contributed by atoms with van der Waals surface area (Å²) >= 11 is 0. The Morgan fingerprint density at radius 2 is 1.79 bits per heavy atom. The lowest BCUT2D eigenvalue weighted by molar-refractivity contribution is -0.385. The van der Waals surface area contributed by atoms with E-state index in [9.17, 15) is 18.5 Å². The predicted octanol–water partition coefficient (Wildman–Crippen LogP) is 1.17. The molecule has 0 radical (unpaired) electrons. The standard InChI is InChI=1S/C9H9N5O4.C7H8O3S/c10-9(11)13-12-3-5-1-7-8(18-4-17-7)2-6(5)14(15)16;1-6-2-4-7(5-3-6)11(8,9)10/h1-3H,4H2,(H4,10,11,13);2-5H,1H3,(H,8,9,10). The molecule has 154 valence electrons. The van der Waals surface area contributed by atoms with Gasteiger partial charge in [-0.3, -0.25) is 14.7 Å². The Bertz CT molecular complexity index is 1060. The summed E-state index contributed by atoms with van der Waals surface area (Å²) in [5.74, 6) is 0.488. The molecule has 5 N–H and O–H groups in total. The number of ether oxygens (including phenoxy) is 2. The number of nitrogens with two attached hydrogens (primary N) is 2. The summed E-state index contributed by atoms with van der Waals surface area (Å²) in [6.07, 6.45) is 1.17. The van der Waals surface area contributed by atoms with Gasteiger partial charge in [0.2, 0.25) is 12.8 Å². The van der Waals surface area contributed by atoms with Crippen molar-refractivity contribution in [1.29, 1.82) is 0 Å². The van der Waals surface area contributed by atoms with E-state index in [1.165, 1.54) is 30.5 Å². The van der Waals surface area contributed by atoms with Crippen molar-refractivity contribution < 1.29 is 27.4 Å². The van der Waals surface area contributed by atoms with Gasteiger partial charge in [0.25, 0.3) is 15.8 Å². The Kier molecular flexibility index (Phi) is 6.69. The highest BCUT2D eigenvalue weighted by Gasteiger charge is 2.22. The van der Waals surface area contributed by atoms with Crippen molar-refractivity contribution >= 4 is 28.0 Å². The molecular weight excluding hydrogens is 406 g/mol. The number of nitro benzene ring substituents is 1. The monoisotopic (exact) mass is 423 g/mol. The molecule has 2 aromatic carbocycles. The highest BCUT2D eigenvalue weighted by Crippen LogP contribution is 2.37. The molecule has 12 nitrogen and oxygen atoms in total. The average molecular weight is 423 g/mol. The highest BCUT2D eigenvalue weighted by atomic mass is 32.2. The molecule has 1 aliphatic rings. The van der Waals surface area contributed by atoms with E-state index < -0.39 is 15.0 Å². The van der Waals surface area contributed by atoms with Crippen LogP contribution in [0.4, 0.5) is 5.69 Å². The fourth-order valence-electron chi connectivity index (χ4n) is 2.08. The third-order valence-electron chi connectivity index (χ3n) is 3.41. The zero-order valence-corrected chi connectivity index (χ0v) is 15.9. The minimum Gasteiger partial charge on any atom is -0.454 e. The number of nitrogens with zero attached hydrogens (tertiary/aromatic N) is 3. The van der Waals surface area contributed by atoms with E-state index in [2.05, 4.69) is 10.2 Å². The van der Waals surface area contributed by atoms with Crippen LogP contribution in [0.15, 0.2) is 51.5 Å². The minimum atomic E-state index is -4.02. The summed E-state index contributed by atoms with van der Waals surface area (Å²) in [5, 5.41) is 17.8. The van der Waals surface area contributed by atoms with Gasteiger partial charge < -0.3 is 20.9 Å². The molecule has 3 rings (SSSR count). The molecular formula is C16H17N5O7S. The molecule has 2 aromatic rings. The Hall–Kier alpha value is -3.71. The molecule has 0 unspecified atom stereocenters. The second-order valence-corrected chi connectivity index (χ2v) is 7.00. The van der Waals surface area contributed by atoms with Crippen LogP contribution in [0, 0.1) is 17.0 Å². The maximum absolute atomic E-state index is 10.9. The highest BCUT2D eigenvalue weighted by molar-refractivity contribution is 7.85. The van der Waals surface area contributed by atoms with E-state index in [4.69, 9.17) is 25.5 Å². The van der Waals surface area contributed by atoms with E-state index in [1.54, 1.807) is 12.1 Å². The number of guanidine groups is 1. The van der Waals surface area contributed by atoms with Crippen LogP contribution in [-0.2, 0) is 10.1 Å². The first-order valence-corrected chi connectivity index (χ1v) is 9.26. The van der Waals surface area contributed by atoms with E-state index in [0.717, 1.165) is 5.56 Å². The Morgan fingerprint density at radius 1 is 1.21 bits per heavy atom. The summed E-state index contributed by atoms with van der Waals surface area (Å²) in [5.41, 5.74) is 11.2. The molecule has 1 aliphatic heterocycles. The molecule has 0 aliphatic carbocycles. The van der Waals surface area contributed by atoms with Gasteiger partial charge in [0.15, 0.2) is 11.5 Å². The number of hydrogen-bond acceptors (Lipinski definition) is 8. The van der Waals surface area contributed by atoms with Crippen molar-refractivity contribution in [3.8, 4) is 11.5 Å². The number of benzene rings is 2. The van der Waals surface area contributed by atoms with Crippen molar-refractivity contribution in [2.24, 2.45) is 21.7 Å². The van der Waals surface area contributed by atoms with Gasteiger partial charge in [-0.25, -0.2) is 0 Å². The van der Waals surface area contributed by atoms with Crippen LogP contribution in [0.3, 0.4) is 0 Å². The zero-order chi connectivity index (χ0) is 21.6. The summed E-state index contributed by atoms with van der Waals surface area (Å²) in [6, 6.07) is 8.69. The first-order chi connectivity index (χ1) is 13.6. The van der Waals surface area contributed by atoms with E-state index in [0.29, 0.717) is 11.5 Å². The summed E-state index contributed by atoms with van der Waals surface area (Å²) < 4.78 is 39.7. The van der Waals surface area contributed by atoms with Gasteiger partial charge in [0.1, 0.15) is 0 Å². The quantitative estimate of drug-likeness (QED) is 0.213. The van der Waals surface area contributed by atoms with Crippen LogP contribution in [0.2, 0.25) is 0 Å². The van der Waals surface area contributed by atoms with Crippen molar-refractivity contribution in [2.45, 2.75) is 11.8 Å². The molecule has 0 atom stereocenters. The second kappa shape index (κ2) is 8.99. The molecule has 0 amide bonds. The van der Waals surface area contributed by atoms with Crippen molar-refractivity contribution in [2.75, 3.05) is 6.79 Å². The fraction of sp³-hybridized carbons (Fsp3) is 0.125. The largest absolute Gasteiger partial charge is 0.454 e. The Labute approximate surface area is 165 Å². The molecule has 0 bridgehead atoms. The van der Waals surface area contributed by atoms with Gasteiger partial charge in [-0.05, 0) is 25.1 Å².